The molecule has 28 heavy (non-hydrogen) atoms. The first-order valence-electron chi connectivity index (χ1n) is 8.21. The molecule has 1 saturated heterocycles. The lowest BCUT2D eigenvalue weighted by Crippen LogP contribution is -2.46. The smallest absolute Gasteiger partial charge is 0.417 e. The van der Waals surface area contributed by atoms with Crippen LogP contribution < -0.4 is 0 Å². The Morgan fingerprint density at radius 3 is 2.21 bits per heavy atom. The van der Waals surface area contributed by atoms with Gasteiger partial charge in [-0.15, -0.1) is 0 Å². The molecule has 0 aliphatic carbocycles. The highest BCUT2D eigenvalue weighted by Gasteiger charge is 2.49. The molecule has 0 unspecified atom stereocenters. The number of carbonyl (C=O) groups is 2. The highest BCUT2D eigenvalue weighted by molar-refractivity contribution is 7.92. The fraction of sp³-hybridized carbons (Fsp3) is 0.529. The van der Waals surface area contributed by atoms with Gasteiger partial charge in [-0.05, 0) is 24.6 Å². The Kier molecular flexibility index (Phi) is 5.54. The average molecular weight is 425 g/mol. The molecule has 1 aliphatic rings. The molecule has 1 fully saturated rings. The Balaban J connectivity index is 2.51. The van der Waals surface area contributed by atoms with E-state index in [1.807, 2.05) is 0 Å². The quantitative estimate of drug-likeness (QED) is 0.594. The zero-order valence-electron chi connectivity index (χ0n) is 15.2. The number of hydrogen-bond donors (Lipinski definition) is 1. The zero-order valence-corrected chi connectivity index (χ0v) is 16.1. The van der Waals surface area contributed by atoms with Crippen LogP contribution in [0.25, 0.3) is 0 Å². The molecule has 1 amide bonds. The van der Waals surface area contributed by atoms with E-state index in [1.54, 1.807) is 0 Å². The molecule has 0 spiro atoms. The van der Waals surface area contributed by atoms with E-state index >= 15 is 0 Å². The summed E-state index contributed by atoms with van der Waals surface area (Å²) >= 11 is 0. The summed E-state index contributed by atoms with van der Waals surface area (Å²) in [6.07, 6.45) is -5.69. The Morgan fingerprint density at radius 1 is 1.18 bits per heavy atom. The van der Waals surface area contributed by atoms with E-state index in [-0.39, 0.29) is 6.07 Å². The molecule has 0 radical (unpaired) electrons. The van der Waals surface area contributed by atoms with Gasteiger partial charge in [0, 0.05) is 12.0 Å². The van der Waals surface area contributed by atoms with E-state index < -0.39 is 73.8 Å². The molecule has 2 atom stereocenters. The topological polar surface area (TPSA) is 91.8 Å². The van der Waals surface area contributed by atoms with Gasteiger partial charge in [0.1, 0.15) is 11.9 Å². The summed E-state index contributed by atoms with van der Waals surface area (Å²) in [4.78, 5) is 23.7. The maximum absolute atomic E-state index is 13.3. The summed E-state index contributed by atoms with van der Waals surface area (Å²) in [5.74, 6) is -3.34. The predicted molar refractivity (Wildman–Crippen MR) is 89.6 cm³/mol. The summed E-state index contributed by atoms with van der Waals surface area (Å²) in [5, 5.41) is 7.79. The number of likely N-dealkylation sites (tertiary alicyclic amines) is 1. The van der Waals surface area contributed by atoms with Gasteiger partial charge >= 0.3 is 12.1 Å². The van der Waals surface area contributed by atoms with Crippen LogP contribution in [-0.4, -0.2) is 48.1 Å². The first-order chi connectivity index (χ1) is 12.6. The number of carbonyl (C=O) groups excluding carboxylic acids is 1. The van der Waals surface area contributed by atoms with Gasteiger partial charge in [0.15, 0.2) is 9.84 Å². The van der Waals surface area contributed by atoms with Crippen LogP contribution in [0.4, 0.5) is 17.6 Å². The Morgan fingerprint density at radius 2 is 1.75 bits per heavy atom. The van der Waals surface area contributed by atoms with Crippen molar-refractivity contribution in [3.63, 3.8) is 0 Å². The minimum absolute atomic E-state index is 0.0780. The number of aliphatic carboxylic acids is 1. The summed E-state index contributed by atoms with van der Waals surface area (Å²) in [6, 6.07) is -0.308. The van der Waals surface area contributed by atoms with Crippen molar-refractivity contribution in [2.24, 2.45) is 5.41 Å². The zero-order chi connectivity index (χ0) is 21.7. The number of amides is 1. The van der Waals surface area contributed by atoms with Crippen LogP contribution >= 0.6 is 0 Å². The molecular formula is C17H19F4NO5S. The van der Waals surface area contributed by atoms with E-state index in [4.69, 9.17) is 0 Å². The molecular weight excluding hydrogens is 406 g/mol. The number of benzene rings is 1. The maximum Gasteiger partial charge on any atom is 0.417 e. The van der Waals surface area contributed by atoms with Gasteiger partial charge < -0.3 is 10.0 Å². The van der Waals surface area contributed by atoms with Gasteiger partial charge in [0.05, 0.1) is 15.7 Å². The molecule has 1 heterocycles. The van der Waals surface area contributed by atoms with Gasteiger partial charge in [0.25, 0.3) is 0 Å². The first-order valence-corrected chi connectivity index (χ1v) is 9.76. The fourth-order valence-electron chi connectivity index (χ4n) is 3.06. The van der Waals surface area contributed by atoms with E-state index in [2.05, 4.69) is 0 Å². The number of carboxylic acids is 1. The highest BCUT2D eigenvalue weighted by atomic mass is 32.2. The third-order valence-corrected chi connectivity index (χ3v) is 6.63. The Labute approximate surface area is 159 Å². The lowest BCUT2D eigenvalue weighted by molar-refractivity contribution is -0.151. The van der Waals surface area contributed by atoms with Crippen molar-refractivity contribution in [2.45, 2.75) is 49.6 Å². The van der Waals surface area contributed by atoms with Crippen LogP contribution in [0.1, 0.15) is 32.8 Å². The summed E-state index contributed by atoms with van der Waals surface area (Å²) < 4.78 is 78.6. The lowest BCUT2D eigenvalue weighted by Gasteiger charge is -2.28. The van der Waals surface area contributed by atoms with Crippen molar-refractivity contribution in [3.05, 3.63) is 29.6 Å². The van der Waals surface area contributed by atoms with Crippen molar-refractivity contribution < 1.29 is 40.7 Å². The number of hydrogen-bond acceptors (Lipinski definition) is 4. The molecule has 1 N–H and O–H groups in total. The van der Waals surface area contributed by atoms with Crippen molar-refractivity contribution >= 4 is 21.7 Å². The minimum atomic E-state index is -5.13. The van der Waals surface area contributed by atoms with Crippen LogP contribution in [-0.2, 0) is 25.6 Å². The van der Waals surface area contributed by atoms with Crippen LogP contribution in [0.5, 0.6) is 0 Å². The number of carboxylic acid groups (broad SMARTS) is 1. The molecule has 0 aromatic heterocycles. The lowest BCUT2D eigenvalue weighted by atomic mass is 9.94. The molecule has 1 aromatic rings. The Hall–Kier alpha value is -2.17. The van der Waals surface area contributed by atoms with Gasteiger partial charge in [-0.1, -0.05) is 20.8 Å². The summed E-state index contributed by atoms with van der Waals surface area (Å²) in [6.45, 7) is 3.97. The standard InChI is InChI=1S/C17H19F4NO5S/c1-16(2,3)15(25)22-8-10(7-12(22)14(23)24)28(26,27)13-5-4-9(18)6-11(13)17(19,20)21/h4-6,10,12H,7-8H2,1-3H3,(H,23,24)/t10-,12+/m1/s1. The second kappa shape index (κ2) is 7.02. The normalized spacial score (nSPS) is 21.0. The Bertz CT molecular complexity index is 905. The van der Waals surface area contributed by atoms with Gasteiger partial charge in [-0.25, -0.2) is 17.6 Å². The van der Waals surface area contributed by atoms with Crippen molar-refractivity contribution in [3.8, 4) is 0 Å². The average Bonchev–Trinajstić information content (AvgIpc) is 2.98. The van der Waals surface area contributed by atoms with E-state index in [0.717, 1.165) is 4.90 Å². The van der Waals surface area contributed by atoms with Crippen molar-refractivity contribution in [1.29, 1.82) is 0 Å². The monoisotopic (exact) mass is 425 g/mol. The van der Waals surface area contributed by atoms with Gasteiger partial charge in [-0.2, -0.15) is 13.2 Å². The van der Waals surface area contributed by atoms with Gasteiger partial charge in [0.2, 0.25) is 5.91 Å². The molecule has 6 nitrogen and oxygen atoms in total. The highest BCUT2D eigenvalue weighted by Crippen LogP contribution is 2.38. The molecule has 1 aliphatic heterocycles. The third kappa shape index (κ3) is 4.13. The molecule has 11 heteroatoms. The first kappa shape index (κ1) is 22.1. The minimum Gasteiger partial charge on any atom is -0.480 e. The summed E-state index contributed by atoms with van der Waals surface area (Å²) in [7, 11) is -4.69. The molecule has 156 valence electrons. The SMILES string of the molecule is CC(C)(C)C(=O)N1C[C@H](S(=O)(=O)c2ccc(F)cc2C(F)(F)F)C[C@H]1C(=O)O. The molecule has 0 bridgehead atoms. The largest absolute Gasteiger partial charge is 0.480 e. The van der Waals surface area contributed by atoms with Crippen LogP contribution in [0.3, 0.4) is 0 Å². The van der Waals surface area contributed by atoms with Gasteiger partial charge in [-0.3, -0.25) is 4.79 Å². The van der Waals surface area contributed by atoms with Crippen LogP contribution in [0, 0.1) is 11.2 Å². The maximum atomic E-state index is 13.3. The molecule has 0 saturated carbocycles. The fourth-order valence-corrected chi connectivity index (χ4v) is 4.95. The number of alkyl halides is 3. The second-order valence-electron chi connectivity index (χ2n) is 7.60. The molecule has 1 aromatic carbocycles. The predicted octanol–water partition coefficient (Wildman–Crippen LogP) is 2.72. The summed E-state index contributed by atoms with van der Waals surface area (Å²) in [5.41, 5.74) is -2.68. The van der Waals surface area contributed by atoms with Crippen molar-refractivity contribution in [1.82, 2.24) is 4.90 Å². The van der Waals surface area contributed by atoms with Crippen LogP contribution in [0.15, 0.2) is 23.1 Å². The third-order valence-electron chi connectivity index (χ3n) is 4.44. The van der Waals surface area contributed by atoms with E-state index in [9.17, 15) is 40.7 Å². The van der Waals surface area contributed by atoms with E-state index in [1.165, 1.54) is 20.8 Å². The number of nitrogens with zero attached hydrogens (tertiary/aromatic N) is 1. The number of rotatable bonds is 3. The molecule has 2 rings (SSSR count). The number of sulfone groups is 1. The van der Waals surface area contributed by atoms with E-state index in [0.29, 0.717) is 12.1 Å². The second-order valence-corrected chi connectivity index (χ2v) is 9.80. The van der Waals surface area contributed by atoms with Crippen molar-refractivity contribution in [2.75, 3.05) is 6.54 Å². The number of halogens is 4. The van der Waals surface area contributed by atoms with Crippen LogP contribution in [0.2, 0.25) is 0 Å².